The smallest absolute Gasteiger partial charge is 0.0625 e. The lowest BCUT2D eigenvalue weighted by molar-refractivity contribution is 1.30. The van der Waals surface area contributed by atoms with Gasteiger partial charge in [-0.1, -0.05) is 176 Å². The second kappa shape index (κ2) is 11.6. The van der Waals surface area contributed by atoms with Crippen LogP contribution in [-0.2, 0) is 0 Å². The Kier molecular flexibility index (Phi) is 6.90. The van der Waals surface area contributed by atoms with E-state index in [1.165, 1.54) is 60.6 Å². The average Bonchev–Trinajstić information content (AvgIpc) is 3.13. The Labute approximate surface area is 264 Å². The van der Waals surface area contributed by atoms with E-state index in [0.29, 0.717) is 0 Å². The molecule has 0 bridgehead atoms. The van der Waals surface area contributed by atoms with Gasteiger partial charge in [-0.25, -0.2) is 0 Å². The predicted octanol–water partition coefficient (Wildman–Crippen LogP) is 12.5. The molecule has 0 aliphatic heterocycles. The third-order valence-electron chi connectivity index (χ3n) is 8.65. The molecule has 1 heteroatoms. The molecular weight excluding hydrogens is 542 g/mol. The van der Waals surface area contributed by atoms with Crippen LogP contribution in [0.1, 0.15) is 0 Å². The number of para-hydroxylation sites is 2. The molecule has 0 spiro atoms. The molecule has 0 aliphatic carbocycles. The SMILES string of the molecule is c1ccc(-c2ccccc2N(c2ccccc2-c2ccccc2)c2c(-c3ccccc3)c3ccccc3c3ccccc23)cc1. The molecule has 0 fully saturated rings. The van der Waals surface area contributed by atoms with E-state index in [2.05, 4.69) is 193 Å². The molecule has 0 atom stereocenters. The van der Waals surface area contributed by atoms with E-state index in [-0.39, 0.29) is 0 Å². The van der Waals surface area contributed by atoms with E-state index in [9.17, 15) is 0 Å². The van der Waals surface area contributed by atoms with Crippen molar-refractivity contribution in [3.8, 4) is 33.4 Å². The fourth-order valence-corrected chi connectivity index (χ4v) is 6.68. The summed E-state index contributed by atoms with van der Waals surface area (Å²) in [7, 11) is 0. The van der Waals surface area contributed by atoms with E-state index in [1.807, 2.05) is 0 Å². The van der Waals surface area contributed by atoms with Gasteiger partial charge in [0, 0.05) is 22.1 Å². The number of anilines is 3. The molecule has 212 valence electrons. The molecule has 0 saturated heterocycles. The molecule has 0 saturated carbocycles. The lowest BCUT2D eigenvalue weighted by Crippen LogP contribution is -2.14. The molecule has 0 heterocycles. The minimum atomic E-state index is 1.13. The van der Waals surface area contributed by atoms with Crippen molar-refractivity contribution in [1.82, 2.24) is 0 Å². The molecule has 0 aliphatic rings. The van der Waals surface area contributed by atoms with Crippen LogP contribution in [0.5, 0.6) is 0 Å². The molecule has 0 radical (unpaired) electrons. The summed E-state index contributed by atoms with van der Waals surface area (Å²) in [5.74, 6) is 0. The first kappa shape index (κ1) is 26.7. The Morgan fingerprint density at radius 3 is 1.13 bits per heavy atom. The summed E-state index contributed by atoms with van der Waals surface area (Å²) in [4.78, 5) is 2.52. The van der Waals surface area contributed by atoms with Crippen molar-refractivity contribution in [2.45, 2.75) is 0 Å². The van der Waals surface area contributed by atoms with Crippen LogP contribution >= 0.6 is 0 Å². The molecule has 0 aromatic heterocycles. The maximum absolute atomic E-state index is 2.52. The summed E-state index contributed by atoms with van der Waals surface area (Å²) in [5, 5.41) is 4.93. The van der Waals surface area contributed by atoms with E-state index >= 15 is 0 Å². The van der Waals surface area contributed by atoms with Crippen LogP contribution in [0.15, 0.2) is 188 Å². The predicted molar refractivity (Wildman–Crippen MR) is 192 cm³/mol. The number of hydrogen-bond acceptors (Lipinski definition) is 1. The molecule has 0 unspecified atom stereocenters. The van der Waals surface area contributed by atoms with Gasteiger partial charge in [0.2, 0.25) is 0 Å². The van der Waals surface area contributed by atoms with Crippen LogP contribution in [0.2, 0.25) is 0 Å². The van der Waals surface area contributed by atoms with Crippen molar-refractivity contribution in [1.29, 1.82) is 0 Å². The number of fused-ring (bicyclic) bond motifs is 3. The zero-order valence-corrected chi connectivity index (χ0v) is 24.8. The van der Waals surface area contributed by atoms with Gasteiger partial charge in [0.1, 0.15) is 0 Å². The van der Waals surface area contributed by atoms with Gasteiger partial charge in [-0.15, -0.1) is 0 Å². The van der Waals surface area contributed by atoms with Crippen LogP contribution in [0.25, 0.3) is 54.9 Å². The minimum Gasteiger partial charge on any atom is -0.308 e. The van der Waals surface area contributed by atoms with Crippen molar-refractivity contribution in [3.63, 3.8) is 0 Å². The first-order valence-corrected chi connectivity index (χ1v) is 15.5. The van der Waals surface area contributed by atoms with Crippen molar-refractivity contribution in [2.24, 2.45) is 0 Å². The lowest BCUT2D eigenvalue weighted by atomic mass is 9.89. The maximum Gasteiger partial charge on any atom is 0.0625 e. The van der Waals surface area contributed by atoms with E-state index < -0.39 is 0 Å². The molecule has 8 rings (SSSR count). The van der Waals surface area contributed by atoms with Gasteiger partial charge in [-0.2, -0.15) is 0 Å². The molecular formula is C44H31N. The summed E-state index contributed by atoms with van der Waals surface area (Å²) < 4.78 is 0. The average molecular weight is 574 g/mol. The Balaban J connectivity index is 1.58. The Morgan fingerprint density at radius 1 is 0.267 bits per heavy atom. The van der Waals surface area contributed by atoms with Crippen LogP contribution < -0.4 is 4.90 Å². The van der Waals surface area contributed by atoms with Gasteiger partial charge in [0.15, 0.2) is 0 Å². The summed E-state index contributed by atoms with van der Waals surface area (Å²) in [6, 6.07) is 67.7. The van der Waals surface area contributed by atoms with E-state index in [0.717, 1.165) is 11.4 Å². The van der Waals surface area contributed by atoms with Gasteiger partial charge >= 0.3 is 0 Å². The quantitative estimate of drug-likeness (QED) is 0.179. The first-order chi connectivity index (χ1) is 22.4. The maximum atomic E-state index is 2.52. The normalized spacial score (nSPS) is 11.1. The Morgan fingerprint density at radius 2 is 0.622 bits per heavy atom. The number of nitrogens with zero attached hydrogens (tertiary/aromatic N) is 1. The van der Waals surface area contributed by atoms with Gasteiger partial charge < -0.3 is 4.90 Å². The van der Waals surface area contributed by atoms with Crippen molar-refractivity contribution in [2.75, 3.05) is 4.90 Å². The number of benzene rings is 8. The summed E-state index contributed by atoms with van der Waals surface area (Å²) >= 11 is 0. The topological polar surface area (TPSA) is 3.24 Å². The monoisotopic (exact) mass is 573 g/mol. The lowest BCUT2D eigenvalue weighted by Gasteiger charge is -2.33. The summed E-state index contributed by atoms with van der Waals surface area (Å²) in [6.07, 6.45) is 0. The molecule has 45 heavy (non-hydrogen) atoms. The van der Waals surface area contributed by atoms with Crippen molar-refractivity contribution in [3.05, 3.63) is 188 Å². The van der Waals surface area contributed by atoms with Gasteiger partial charge in [0.05, 0.1) is 17.1 Å². The fourth-order valence-electron chi connectivity index (χ4n) is 6.68. The zero-order chi connectivity index (χ0) is 30.0. The van der Waals surface area contributed by atoms with Gasteiger partial charge in [0.25, 0.3) is 0 Å². The highest BCUT2D eigenvalue weighted by Gasteiger charge is 2.26. The second-order valence-corrected chi connectivity index (χ2v) is 11.3. The zero-order valence-electron chi connectivity index (χ0n) is 24.8. The highest BCUT2D eigenvalue weighted by Crippen LogP contribution is 2.52. The van der Waals surface area contributed by atoms with Crippen molar-refractivity contribution >= 4 is 38.6 Å². The molecule has 8 aromatic rings. The van der Waals surface area contributed by atoms with Crippen LogP contribution in [0.4, 0.5) is 17.1 Å². The highest BCUT2D eigenvalue weighted by molar-refractivity contribution is 6.23. The van der Waals surface area contributed by atoms with Crippen LogP contribution in [-0.4, -0.2) is 0 Å². The summed E-state index contributed by atoms with van der Waals surface area (Å²) in [5.41, 5.74) is 10.6. The van der Waals surface area contributed by atoms with Crippen LogP contribution in [0, 0.1) is 0 Å². The molecule has 1 nitrogen and oxygen atoms in total. The minimum absolute atomic E-state index is 1.13. The third kappa shape index (κ3) is 4.76. The molecule has 0 N–H and O–H groups in total. The second-order valence-electron chi connectivity index (χ2n) is 11.3. The van der Waals surface area contributed by atoms with Gasteiger partial charge in [-0.3, -0.25) is 0 Å². The third-order valence-corrected chi connectivity index (χ3v) is 8.65. The Bertz CT molecular complexity index is 2170. The Hall–Kier alpha value is -5.92. The largest absolute Gasteiger partial charge is 0.308 e. The van der Waals surface area contributed by atoms with E-state index in [1.54, 1.807) is 0 Å². The van der Waals surface area contributed by atoms with E-state index in [4.69, 9.17) is 0 Å². The molecule has 8 aromatic carbocycles. The standard InChI is InChI=1S/C44H31N/c1-4-18-32(19-5-1)35-24-14-16-30-41(35)45(42-31-17-15-25-36(42)33-20-6-2-7-21-33)44-40-29-13-11-27-38(40)37-26-10-12-28-39(37)43(44)34-22-8-3-9-23-34/h1-31H. The fraction of sp³-hybridized carbons (Fsp3) is 0. The molecule has 0 amide bonds. The summed E-state index contributed by atoms with van der Waals surface area (Å²) in [6.45, 7) is 0. The highest BCUT2D eigenvalue weighted by atomic mass is 15.2. The first-order valence-electron chi connectivity index (χ1n) is 15.5. The van der Waals surface area contributed by atoms with Gasteiger partial charge in [-0.05, 0) is 45.0 Å². The van der Waals surface area contributed by atoms with Crippen molar-refractivity contribution < 1.29 is 0 Å². The number of rotatable bonds is 6. The van der Waals surface area contributed by atoms with Crippen LogP contribution in [0.3, 0.4) is 0 Å². The number of hydrogen-bond donors (Lipinski definition) is 0.